The maximum absolute atomic E-state index is 12.8. The fourth-order valence-electron chi connectivity index (χ4n) is 3.50. The van der Waals surface area contributed by atoms with E-state index in [9.17, 15) is 9.90 Å². The lowest BCUT2D eigenvalue weighted by Crippen LogP contribution is -2.18. The molecular formula is C25H41ClO2. The van der Waals surface area contributed by atoms with Gasteiger partial charge in [-0.3, -0.25) is 4.79 Å². The number of phenolic OH excluding ortho intramolecular Hbond substituents is 1. The van der Waals surface area contributed by atoms with Gasteiger partial charge >= 0.3 is 0 Å². The molecule has 0 spiro atoms. The molecule has 160 valence electrons. The highest BCUT2D eigenvalue weighted by Gasteiger charge is 2.27. The minimum Gasteiger partial charge on any atom is -0.507 e. The van der Waals surface area contributed by atoms with E-state index in [-0.39, 0.29) is 22.0 Å². The highest BCUT2D eigenvalue weighted by Crippen LogP contribution is 2.40. The van der Waals surface area contributed by atoms with Crippen molar-refractivity contribution in [2.45, 2.75) is 116 Å². The van der Waals surface area contributed by atoms with E-state index in [1.54, 1.807) is 0 Å². The number of unbranched alkanes of at least 4 members (excludes halogenated alkanes) is 5. The molecule has 0 fully saturated rings. The van der Waals surface area contributed by atoms with Crippen LogP contribution in [0.2, 0.25) is 0 Å². The van der Waals surface area contributed by atoms with E-state index in [0.29, 0.717) is 12.2 Å². The van der Waals surface area contributed by atoms with E-state index in [4.69, 9.17) is 11.6 Å². The number of halogens is 1. The second kappa shape index (κ2) is 10.7. The highest BCUT2D eigenvalue weighted by atomic mass is 35.5. The van der Waals surface area contributed by atoms with Gasteiger partial charge in [-0.2, -0.15) is 0 Å². The fourth-order valence-corrected chi connectivity index (χ4v) is 3.66. The number of Topliss-reactive ketones (excluding diaryl/α,β-unsaturated/α-hetero) is 1. The van der Waals surface area contributed by atoms with Crippen LogP contribution in [0.3, 0.4) is 0 Å². The van der Waals surface area contributed by atoms with Crippen molar-refractivity contribution in [3.63, 3.8) is 0 Å². The molecule has 0 aromatic heterocycles. The summed E-state index contributed by atoms with van der Waals surface area (Å²) in [6.07, 6.45) is 8.53. The molecule has 1 aromatic carbocycles. The van der Waals surface area contributed by atoms with Crippen LogP contribution in [0, 0.1) is 0 Å². The Hall–Kier alpha value is -1.02. The van der Waals surface area contributed by atoms with Crippen molar-refractivity contribution in [2.24, 2.45) is 0 Å². The molecule has 1 N–H and O–H groups in total. The molecule has 0 aliphatic rings. The third kappa shape index (κ3) is 8.15. The van der Waals surface area contributed by atoms with Crippen molar-refractivity contribution in [3.05, 3.63) is 28.8 Å². The maximum atomic E-state index is 12.8. The molecule has 1 atom stereocenters. The van der Waals surface area contributed by atoms with Gasteiger partial charge in [0.25, 0.3) is 0 Å². The van der Waals surface area contributed by atoms with E-state index in [2.05, 4.69) is 41.5 Å². The largest absolute Gasteiger partial charge is 0.507 e. The van der Waals surface area contributed by atoms with E-state index in [1.807, 2.05) is 19.1 Å². The van der Waals surface area contributed by atoms with Crippen molar-refractivity contribution in [3.8, 4) is 5.75 Å². The van der Waals surface area contributed by atoms with Gasteiger partial charge in [-0.05, 0) is 42.7 Å². The average Bonchev–Trinajstić information content (AvgIpc) is 2.54. The van der Waals surface area contributed by atoms with Crippen LogP contribution < -0.4 is 0 Å². The molecule has 0 aliphatic heterocycles. The van der Waals surface area contributed by atoms with Gasteiger partial charge in [-0.25, -0.2) is 0 Å². The van der Waals surface area contributed by atoms with E-state index in [0.717, 1.165) is 36.0 Å². The van der Waals surface area contributed by atoms with Gasteiger partial charge in [0.15, 0.2) is 5.78 Å². The minimum atomic E-state index is -0.207. The molecule has 1 rings (SSSR count). The number of carbonyl (C=O) groups is 1. The molecular weight excluding hydrogens is 368 g/mol. The zero-order valence-electron chi connectivity index (χ0n) is 19.1. The van der Waals surface area contributed by atoms with Crippen molar-refractivity contribution in [1.82, 2.24) is 0 Å². The predicted molar refractivity (Wildman–Crippen MR) is 122 cm³/mol. The Morgan fingerprint density at radius 1 is 0.893 bits per heavy atom. The van der Waals surface area contributed by atoms with Crippen molar-refractivity contribution >= 4 is 17.4 Å². The first kappa shape index (κ1) is 25.0. The van der Waals surface area contributed by atoms with E-state index < -0.39 is 0 Å². The van der Waals surface area contributed by atoms with Gasteiger partial charge in [0.2, 0.25) is 0 Å². The third-order valence-corrected chi connectivity index (χ3v) is 5.52. The standard InChI is InChI=1S/C25H41ClO2/c1-18(26)14-12-10-8-9-11-13-15-22(27)19-16-20(24(2,3)4)23(28)21(17-19)25(5,6)7/h16-18,28H,8-15H2,1-7H3. The van der Waals surface area contributed by atoms with Crippen molar-refractivity contribution < 1.29 is 9.90 Å². The Kier molecular flexibility index (Phi) is 9.53. The van der Waals surface area contributed by atoms with E-state index in [1.165, 1.54) is 25.7 Å². The normalized spacial score (nSPS) is 13.6. The van der Waals surface area contributed by atoms with Crippen LogP contribution in [0.4, 0.5) is 0 Å². The summed E-state index contributed by atoms with van der Waals surface area (Å²) in [5.74, 6) is 0.523. The first-order valence-electron chi connectivity index (χ1n) is 10.9. The first-order chi connectivity index (χ1) is 12.8. The van der Waals surface area contributed by atoms with Gasteiger partial charge in [0.05, 0.1) is 0 Å². The minimum absolute atomic E-state index is 0.187. The summed E-state index contributed by atoms with van der Waals surface area (Å²) in [7, 11) is 0. The number of phenols is 1. The molecule has 1 unspecified atom stereocenters. The molecule has 2 nitrogen and oxygen atoms in total. The maximum Gasteiger partial charge on any atom is 0.162 e. The second-order valence-corrected chi connectivity index (χ2v) is 11.0. The van der Waals surface area contributed by atoms with Gasteiger partial charge in [0, 0.05) is 28.5 Å². The number of hydrogen-bond donors (Lipinski definition) is 1. The Morgan fingerprint density at radius 2 is 1.32 bits per heavy atom. The van der Waals surface area contributed by atoms with Gasteiger partial charge in [-0.15, -0.1) is 11.6 Å². The smallest absolute Gasteiger partial charge is 0.162 e. The topological polar surface area (TPSA) is 37.3 Å². The molecule has 0 saturated carbocycles. The van der Waals surface area contributed by atoms with Crippen molar-refractivity contribution in [2.75, 3.05) is 0 Å². The quantitative estimate of drug-likeness (QED) is 0.242. The van der Waals surface area contributed by atoms with Gasteiger partial charge < -0.3 is 5.11 Å². The van der Waals surface area contributed by atoms with Crippen LogP contribution in [0.15, 0.2) is 12.1 Å². The average molecular weight is 409 g/mol. The summed E-state index contributed by atoms with van der Waals surface area (Å²) < 4.78 is 0. The molecule has 0 radical (unpaired) electrons. The summed E-state index contributed by atoms with van der Waals surface area (Å²) in [6, 6.07) is 3.81. The Balaban J connectivity index is 2.70. The monoisotopic (exact) mass is 408 g/mol. The van der Waals surface area contributed by atoms with E-state index >= 15 is 0 Å². The number of rotatable bonds is 10. The molecule has 0 heterocycles. The summed E-state index contributed by atoms with van der Waals surface area (Å²) in [5, 5.41) is 11.1. The Labute approximate surface area is 178 Å². The molecule has 0 aliphatic carbocycles. The summed E-state index contributed by atoms with van der Waals surface area (Å²) >= 11 is 5.97. The van der Waals surface area contributed by atoms with Gasteiger partial charge in [0.1, 0.15) is 5.75 Å². The molecule has 0 bridgehead atoms. The van der Waals surface area contributed by atoms with Crippen molar-refractivity contribution in [1.29, 1.82) is 0 Å². The fraction of sp³-hybridized carbons (Fsp3) is 0.720. The van der Waals surface area contributed by atoms with Crippen LogP contribution in [-0.2, 0) is 10.8 Å². The molecule has 0 amide bonds. The zero-order chi connectivity index (χ0) is 21.5. The van der Waals surface area contributed by atoms with Crippen LogP contribution >= 0.6 is 11.6 Å². The molecule has 1 aromatic rings. The molecule has 3 heteroatoms. The number of hydrogen-bond acceptors (Lipinski definition) is 2. The van der Waals surface area contributed by atoms with Crippen LogP contribution in [0.5, 0.6) is 5.75 Å². The first-order valence-corrected chi connectivity index (χ1v) is 11.3. The third-order valence-electron chi connectivity index (χ3n) is 5.30. The second-order valence-electron chi connectivity index (χ2n) is 10.3. The Bertz CT molecular complexity index is 598. The SMILES string of the molecule is CC(Cl)CCCCCCCCC(=O)c1cc(C(C)(C)C)c(O)c(C(C)(C)C)c1. The highest BCUT2D eigenvalue weighted by molar-refractivity contribution is 6.20. The number of benzene rings is 1. The lowest BCUT2D eigenvalue weighted by molar-refractivity contribution is 0.0979. The summed E-state index contributed by atoms with van der Waals surface area (Å²) in [5.41, 5.74) is 2.04. The van der Waals surface area contributed by atoms with Crippen LogP contribution in [0.25, 0.3) is 0 Å². The zero-order valence-corrected chi connectivity index (χ0v) is 19.9. The van der Waals surface area contributed by atoms with Gasteiger partial charge in [-0.1, -0.05) is 73.6 Å². The number of ketones is 1. The Morgan fingerprint density at radius 3 is 1.75 bits per heavy atom. The number of carbonyl (C=O) groups excluding carboxylic acids is 1. The number of alkyl halides is 1. The summed E-state index contributed by atoms with van der Waals surface area (Å²) in [4.78, 5) is 12.8. The number of aromatic hydroxyl groups is 1. The molecule has 28 heavy (non-hydrogen) atoms. The van der Waals surface area contributed by atoms with Crippen LogP contribution in [-0.4, -0.2) is 16.3 Å². The summed E-state index contributed by atoms with van der Waals surface area (Å²) in [6.45, 7) is 14.5. The lowest BCUT2D eigenvalue weighted by Gasteiger charge is -2.28. The predicted octanol–water partition coefficient (Wildman–Crippen LogP) is 7.92. The molecule has 0 saturated heterocycles. The lowest BCUT2D eigenvalue weighted by atomic mass is 9.78. The van der Waals surface area contributed by atoms with Crippen LogP contribution in [0.1, 0.15) is 121 Å².